The van der Waals surface area contributed by atoms with Crippen LogP contribution in [0, 0.1) is 0 Å². The molecule has 0 atom stereocenters. The van der Waals surface area contributed by atoms with Crippen molar-refractivity contribution in [1.29, 1.82) is 0 Å². The Bertz CT molecular complexity index is 822. The fourth-order valence-corrected chi connectivity index (χ4v) is 2.33. The Morgan fingerprint density at radius 3 is 1.68 bits per heavy atom. The molecule has 2 aromatic rings. The van der Waals surface area contributed by atoms with Crippen LogP contribution in [0.5, 0.6) is 11.5 Å². The number of hydrogen-bond donors (Lipinski definition) is 1. The zero-order valence-electron chi connectivity index (χ0n) is 13.9. The molecular formula is C17H12F9NO. The maximum atomic E-state index is 13.1. The van der Waals surface area contributed by atoms with Gasteiger partial charge >= 0.3 is 18.5 Å². The molecule has 2 nitrogen and oxygen atoms in total. The van der Waals surface area contributed by atoms with Gasteiger partial charge in [0.2, 0.25) is 0 Å². The average molecular weight is 417 g/mol. The number of hydrogen-bond acceptors (Lipinski definition) is 2. The predicted molar refractivity (Wildman–Crippen MR) is 81.8 cm³/mol. The van der Waals surface area contributed by atoms with E-state index in [1.807, 2.05) is 0 Å². The van der Waals surface area contributed by atoms with E-state index in [-0.39, 0.29) is 18.4 Å². The van der Waals surface area contributed by atoms with Crippen LogP contribution in [0.4, 0.5) is 45.2 Å². The molecule has 11 heteroatoms. The van der Waals surface area contributed by atoms with E-state index in [0.717, 1.165) is 24.3 Å². The van der Waals surface area contributed by atoms with E-state index in [1.165, 1.54) is 0 Å². The number of ether oxygens (including phenoxy) is 1. The lowest BCUT2D eigenvalue weighted by molar-refractivity contribution is -0.297. The van der Waals surface area contributed by atoms with E-state index in [9.17, 15) is 39.5 Å². The van der Waals surface area contributed by atoms with Gasteiger partial charge in [-0.05, 0) is 42.8 Å². The zero-order valence-corrected chi connectivity index (χ0v) is 13.9. The fourth-order valence-electron chi connectivity index (χ4n) is 2.33. The van der Waals surface area contributed by atoms with Crippen molar-refractivity contribution < 1.29 is 44.3 Å². The van der Waals surface area contributed by atoms with E-state index in [0.29, 0.717) is 18.2 Å². The summed E-state index contributed by atoms with van der Waals surface area (Å²) >= 11 is 0. The molecular weight excluding hydrogens is 405 g/mol. The molecule has 0 radical (unpaired) electrons. The SMILES string of the molecule is CC(c1ccc(Oc2ccc(N)cc2C(F)(F)F)cc1)(C(F)(F)F)C(F)(F)F. The van der Waals surface area contributed by atoms with Crippen molar-refractivity contribution in [3.8, 4) is 11.5 Å². The molecule has 0 aliphatic rings. The first-order chi connectivity index (χ1) is 12.6. The predicted octanol–water partition coefficient (Wildman–Crippen LogP) is 6.46. The van der Waals surface area contributed by atoms with Gasteiger partial charge < -0.3 is 10.5 Å². The summed E-state index contributed by atoms with van der Waals surface area (Å²) in [6, 6.07) is 5.03. The van der Waals surface area contributed by atoms with Gasteiger partial charge in [0.05, 0.1) is 0 Å². The largest absolute Gasteiger partial charge is 0.457 e. The highest BCUT2D eigenvalue weighted by Crippen LogP contribution is 2.52. The Morgan fingerprint density at radius 2 is 1.25 bits per heavy atom. The van der Waals surface area contributed by atoms with Crippen LogP contribution >= 0.6 is 0 Å². The van der Waals surface area contributed by atoms with Gasteiger partial charge in [-0.25, -0.2) is 0 Å². The number of rotatable bonds is 3. The van der Waals surface area contributed by atoms with Crippen LogP contribution in [0.15, 0.2) is 42.5 Å². The molecule has 0 saturated carbocycles. The highest BCUT2D eigenvalue weighted by molar-refractivity contribution is 5.50. The van der Waals surface area contributed by atoms with Gasteiger partial charge in [-0.15, -0.1) is 0 Å². The fraction of sp³-hybridized carbons (Fsp3) is 0.294. The van der Waals surface area contributed by atoms with Crippen molar-refractivity contribution in [2.24, 2.45) is 0 Å². The molecule has 28 heavy (non-hydrogen) atoms. The topological polar surface area (TPSA) is 35.2 Å². The molecule has 2 aromatic carbocycles. The molecule has 2 rings (SSSR count). The Labute approximate surface area is 152 Å². The van der Waals surface area contributed by atoms with E-state index >= 15 is 0 Å². The van der Waals surface area contributed by atoms with Gasteiger partial charge in [0.15, 0.2) is 5.41 Å². The number of halogens is 9. The van der Waals surface area contributed by atoms with Gasteiger partial charge in [-0.1, -0.05) is 12.1 Å². The second-order valence-corrected chi connectivity index (χ2v) is 6.00. The lowest BCUT2D eigenvalue weighted by Gasteiger charge is -2.34. The monoisotopic (exact) mass is 417 g/mol. The van der Waals surface area contributed by atoms with Crippen LogP contribution in [-0.2, 0) is 11.6 Å². The van der Waals surface area contributed by atoms with Crippen LogP contribution in [0.1, 0.15) is 18.1 Å². The molecule has 0 aliphatic carbocycles. The Morgan fingerprint density at radius 1 is 0.750 bits per heavy atom. The summed E-state index contributed by atoms with van der Waals surface area (Å²) < 4.78 is 122. The Kier molecular flexibility index (Phi) is 5.26. The molecule has 0 unspecified atom stereocenters. The van der Waals surface area contributed by atoms with Crippen molar-refractivity contribution in [1.82, 2.24) is 0 Å². The normalized spacial score (nSPS) is 13.5. The van der Waals surface area contributed by atoms with Gasteiger partial charge in [-0.3, -0.25) is 0 Å². The molecule has 0 heterocycles. The maximum absolute atomic E-state index is 13.1. The summed E-state index contributed by atoms with van der Waals surface area (Å²) in [5, 5.41) is 0. The summed E-state index contributed by atoms with van der Waals surface area (Å²) in [6.45, 7) is -0.0232. The summed E-state index contributed by atoms with van der Waals surface area (Å²) in [7, 11) is 0. The number of alkyl halides is 9. The van der Waals surface area contributed by atoms with Crippen molar-refractivity contribution in [3.63, 3.8) is 0 Å². The number of benzene rings is 2. The van der Waals surface area contributed by atoms with Gasteiger partial charge in [0, 0.05) is 5.69 Å². The number of nitrogens with two attached hydrogens (primary N) is 1. The van der Waals surface area contributed by atoms with E-state index in [4.69, 9.17) is 10.5 Å². The lowest BCUT2D eigenvalue weighted by Crippen LogP contribution is -2.51. The molecule has 0 spiro atoms. The minimum absolute atomic E-state index is 0.0232. The molecule has 0 bridgehead atoms. The van der Waals surface area contributed by atoms with Gasteiger partial charge in [-0.2, -0.15) is 39.5 Å². The molecule has 0 aliphatic heterocycles. The van der Waals surface area contributed by atoms with Crippen molar-refractivity contribution in [2.75, 3.05) is 5.73 Å². The van der Waals surface area contributed by atoms with Gasteiger partial charge in [0.1, 0.15) is 17.1 Å². The van der Waals surface area contributed by atoms with Crippen LogP contribution in [0.2, 0.25) is 0 Å². The lowest BCUT2D eigenvalue weighted by atomic mass is 9.81. The number of anilines is 1. The summed E-state index contributed by atoms with van der Waals surface area (Å²) in [6.07, 6.45) is -16.1. The smallest absolute Gasteiger partial charge is 0.420 e. The van der Waals surface area contributed by atoms with E-state index in [1.54, 1.807) is 0 Å². The molecule has 0 fully saturated rings. The third-order valence-electron chi connectivity index (χ3n) is 4.10. The highest BCUT2D eigenvalue weighted by Gasteiger charge is 2.68. The van der Waals surface area contributed by atoms with Crippen molar-refractivity contribution >= 4 is 5.69 Å². The molecule has 154 valence electrons. The first-order valence-electron chi connectivity index (χ1n) is 7.46. The third-order valence-corrected chi connectivity index (χ3v) is 4.10. The molecule has 0 amide bonds. The van der Waals surface area contributed by atoms with Crippen LogP contribution in [0.25, 0.3) is 0 Å². The van der Waals surface area contributed by atoms with Crippen LogP contribution in [-0.4, -0.2) is 12.4 Å². The third kappa shape index (κ3) is 3.97. The first kappa shape index (κ1) is 21.7. The summed E-state index contributed by atoms with van der Waals surface area (Å²) in [4.78, 5) is 0. The molecule has 0 aromatic heterocycles. The Balaban J connectivity index is 2.42. The number of nitrogen functional groups attached to an aromatic ring is 1. The molecule has 2 N–H and O–H groups in total. The maximum Gasteiger partial charge on any atom is 0.420 e. The zero-order chi connectivity index (χ0) is 21.5. The van der Waals surface area contributed by atoms with E-state index in [2.05, 4.69) is 0 Å². The van der Waals surface area contributed by atoms with E-state index < -0.39 is 40.8 Å². The standard InChI is InChI=1S/C17H12F9NO/c1-14(16(21,22)23,17(24,25)26)9-2-5-11(6-3-9)28-13-7-4-10(27)8-12(13)15(18,19)20/h2-8H,27H2,1H3. The Hall–Kier alpha value is -2.59. The second-order valence-electron chi connectivity index (χ2n) is 6.00. The quantitative estimate of drug-likeness (QED) is 0.459. The second kappa shape index (κ2) is 6.78. The van der Waals surface area contributed by atoms with Crippen molar-refractivity contribution in [2.45, 2.75) is 30.9 Å². The van der Waals surface area contributed by atoms with Crippen LogP contribution < -0.4 is 10.5 Å². The van der Waals surface area contributed by atoms with Crippen molar-refractivity contribution in [3.05, 3.63) is 53.6 Å². The summed E-state index contributed by atoms with van der Waals surface area (Å²) in [5.41, 5.74) is -1.44. The average Bonchev–Trinajstić information content (AvgIpc) is 2.53. The minimum atomic E-state index is -5.64. The minimum Gasteiger partial charge on any atom is -0.457 e. The van der Waals surface area contributed by atoms with Crippen LogP contribution in [0.3, 0.4) is 0 Å². The first-order valence-corrected chi connectivity index (χ1v) is 7.46. The summed E-state index contributed by atoms with van der Waals surface area (Å²) in [5.74, 6) is -1.09. The highest BCUT2D eigenvalue weighted by atomic mass is 19.4. The van der Waals surface area contributed by atoms with Gasteiger partial charge in [0.25, 0.3) is 0 Å². The molecule has 0 saturated heterocycles.